The van der Waals surface area contributed by atoms with Crippen LogP contribution in [0.1, 0.15) is 18.9 Å². The van der Waals surface area contributed by atoms with E-state index in [9.17, 15) is 0 Å². The van der Waals surface area contributed by atoms with E-state index in [4.69, 9.17) is 4.74 Å². The minimum Gasteiger partial charge on any atom is -0.497 e. The van der Waals surface area contributed by atoms with Gasteiger partial charge in [-0.25, -0.2) is 0 Å². The van der Waals surface area contributed by atoms with E-state index in [2.05, 4.69) is 42.2 Å². The van der Waals surface area contributed by atoms with Crippen LogP contribution in [-0.2, 0) is 6.42 Å². The van der Waals surface area contributed by atoms with E-state index in [1.54, 1.807) is 7.11 Å². The van der Waals surface area contributed by atoms with Gasteiger partial charge in [-0.05, 0) is 50.2 Å². The Morgan fingerprint density at radius 1 is 1.28 bits per heavy atom. The molecule has 3 nitrogen and oxygen atoms in total. The third-order valence-corrected chi connectivity index (χ3v) is 3.34. The fourth-order valence-electron chi connectivity index (χ4n) is 2.30. The number of fused-ring (bicyclic) bond motifs is 1. The molecule has 0 aliphatic rings. The SMILES string of the molecule is CCCN(C)CCc1c[nH]c2ccc(OC)cc12. The molecule has 2 rings (SSSR count). The van der Waals surface area contributed by atoms with Crippen LogP contribution in [0.15, 0.2) is 24.4 Å². The van der Waals surface area contributed by atoms with Crippen molar-refractivity contribution in [1.29, 1.82) is 0 Å². The number of aromatic nitrogens is 1. The Labute approximate surface area is 109 Å². The lowest BCUT2D eigenvalue weighted by atomic mass is 10.1. The Balaban J connectivity index is 2.12. The number of nitrogens with zero attached hydrogens (tertiary/aromatic N) is 1. The molecule has 0 saturated heterocycles. The molecule has 2 aromatic rings. The Kier molecular flexibility index (Phi) is 4.26. The fraction of sp³-hybridized carbons (Fsp3) is 0.467. The molecule has 18 heavy (non-hydrogen) atoms. The third-order valence-electron chi connectivity index (χ3n) is 3.34. The average molecular weight is 246 g/mol. The van der Waals surface area contributed by atoms with Gasteiger partial charge < -0.3 is 14.6 Å². The highest BCUT2D eigenvalue weighted by Crippen LogP contribution is 2.23. The number of aromatic amines is 1. The number of hydrogen-bond acceptors (Lipinski definition) is 2. The lowest BCUT2D eigenvalue weighted by Gasteiger charge is -2.14. The Hall–Kier alpha value is -1.48. The zero-order valence-electron chi connectivity index (χ0n) is 11.5. The maximum absolute atomic E-state index is 5.29. The van der Waals surface area contributed by atoms with Crippen molar-refractivity contribution in [3.05, 3.63) is 30.0 Å². The Bertz CT molecular complexity index is 504. The quantitative estimate of drug-likeness (QED) is 0.848. The van der Waals surface area contributed by atoms with Gasteiger partial charge in [-0.3, -0.25) is 0 Å². The van der Waals surface area contributed by atoms with Gasteiger partial charge in [-0.1, -0.05) is 6.92 Å². The normalized spacial score (nSPS) is 11.3. The van der Waals surface area contributed by atoms with Crippen LogP contribution in [-0.4, -0.2) is 37.1 Å². The first-order valence-electron chi connectivity index (χ1n) is 6.57. The molecule has 0 unspecified atom stereocenters. The molecule has 0 radical (unpaired) electrons. The van der Waals surface area contributed by atoms with Gasteiger partial charge >= 0.3 is 0 Å². The van der Waals surface area contributed by atoms with E-state index in [1.165, 1.54) is 22.9 Å². The van der Waals surface area contributed by atoms with Crippen molar-refractivity contribution in [2.45, 2.75) is 19.8 Å². The number of hydrogen-bond donors (Lipinski definition) is 1. The average Bonchev–Trinajstić information content (AvgIpc) is 2.79. The monoisotopic (exact) mass is 246 g/mol. The number of ether oxygens (including phenoxy) is 1. The van der Waals surface area contributed by atoms with Crippen LogP contribution in [0.4, 0.5) is 0 Å². The lowest BCUT2D eigenvalue weighted by Crippen LogP contribution is -2.21. The number of nitrogens with one attached hydrogen (secondary N) is 1. The molecular formula is C15H22N2O. The van der Waals surface area contributed by atoms with Gasteiger partial charge in [0.1, 0.15) is 5.75 Å². The minimum absolute atomic E-state index is 0.922. The highest BCUT2D eigenvalue weighted by atomic mass is 16.5. The van der Waals surface area contributed by atoms with Crippen molar-refractivity contribution >= 4 is 10.9 Å². The molecule has 0 spiro atoms. The van der Waals surface area contributed by atoms with Crippen molar-refractivity contribution in [2.24, 2.45) is 0 Å². The molecule has 3 heteroatoms. The standard InChI is InChI=1S/C15H22N2O/c1-4-8-17(2)9-7-12-11-16-15-6-5-13(18-3)10-14(12)15/h5-6,10-11,16H,4,7-9H2,1-3H3. The van der Waals surface area contributed by atoms with Gasteiger partial charge in [0.2, 0.25) is 0 Å². The summed E-state index contributed by atoms with van der Waals surface area (Å²) in [4.78, 5) is 5.70. The van der Waals surface area contributed by atoms with Crippen LogP contribution in [0, 0.1) is 0 Å². The Morgan fingerprint density at radius 2 is 2.11 bits per heavy atom. The highest BCUT2D eigenvalue weighted by molar-refractivity contribution is 5.84. The van der Waals surface area contributed by atoms with Gasteiger partial charge in [0, 0.05) is 23.6 Å². The zero-order chi connectivity index (χ0) is 13.0. The molecule has 0 amide bonds. The van der Waals surface area contributed by atoms with Crippen LogP contribution in [0.25, 0.3) is 10.9 Å². The third kappa shape index (κ3) is 2.85. The zero-order valence-corrected chi connectivity index (χ0v) is 11.5. The summed E-state index contributed by atoms with van der Waals surface area (Å²) in [6.07, 6.45) is 4.39. The predicted molar refractivity (Wildman–Crippen MR) is 76.3 cm³/mol. The van der Waals surface area contributed by atoms with E-state index in [-0.39, 0.29) is 0 Å². The molecule has 0 aliphatic heterocycles. The largest absolute Gasteiger partial charge is 0.497 e. The summed E-state index contributed by atoms with van der Waals surface area (Å²) in [5, 5.41) is 1.28. The topological polar surface area (TPSA) is 28.3 Å². The number of benzene rings is 1. The van der Waals surface area contributed by atoms with Crippen molar-refractivity contribution in [1.82, 2.24) is 9.88 Å². The molecule has 0 bridgehead atoms. The molecule has 1 aromatic carbocycles. The summed E-state index contributed by atoms with van der Waals surface area (Å²) in [7, 11) is 3.89. The number of methoxy groups -OCH3 is 1. The molecule has 98 valence electrons. The number of H-pyrrole nitrogens is 1. The molecule has 0 aliphatic carbocycles. The van der Waals surface area contributed by atoms with E-state index in [0.29, 0.717) is 0 Å². The maximum Gasteiger partial charge on any atom is 0.119 e. The van der Waals surface area contributed by atoms with E-state index >= 15 is 0 Å². The van der Waals surface area contributed by atoms with Gasteiger partial charge in [-0.15, -0.1) is 0 Å². The number of likely N-dealkylation sites (N-methyl/N-ethyl adjacent to an activating group) is 1. The number of rotatable bonds is 6. The summed E-state index contributed by atoms with van der Waals surface area (Å²) in [5.41, 5.74) is 2.55. The van der Waals surface area contributed by atoms with Crippen LogP contribution in [0.2, 0.25) is 0 Å². The summed E-state index contributed by atoms with van der Waals surface area (Å²) in [5.74, 6) is 0.922. The molecule has 1 N–H and O–H groups in total. The summed E-state index contributed by atoms with van der Waals surface area (Å²) < 4.78 is 5.29. The Morgan fingerprint density at radius 3 is 2.83 bits per heavy atom. The van der Waals surface area contributed by atoms with Crippen LogP contribution >= 0.6 is 0 Å². The molecule has 0 saturated carbocycles. The second-order valence-corrected chi connectivity index (χ2v) is 4.78. The second kappa shape index (κ2) is 5.91. The molecule has 1 aromatic heterocycles. The van der Waals surface area contributed by atoms with Crippen molar-refractivity contribution in [3.63, 3.8) is 0 Å². The first-order valence-corrected chi connectivity index (χ1v) is 6.57. The lowest BCUT2D eigenvalue weighted by molar-refractivity contribution is 0.339. The van der Waals surface area contributed by atoms with Crippen molar-refractivity contribution in [3.8, 4) is 5.75 Å². The minimum atomic E-state index is 0.922. The summed E-state index contributed by atoms with van der Waals surface area (Å²) in [6.45, 7) is 4.47. The summed E-state index contributed by atoms with van der Waals surface area (Å²) >= 11 is 0. The summed E-state index contributed by atoms with van der Waals surface area (Å²) in [6, 6.07) is 6.18. The maximum atomic E-state index is 5.29. The van der Waals surface area contributed by atoms with Gasteiger partial charge in [0.15, 0.2) is 0 Å². The first-order chi connectivity index (χ1) is 8.74. The van der Waals surface area contributed by atoms with Crippen LogP contribution < -0.4 is 4.74 Å². The van der Waals surface area contributed by atoms with Crippen LogP contribution in [0.5, 0.6) is 5.75 Å². The molecular weight excluding hydrogens is 224 g/mol. The van der Waals surface area contributed by atoms with Gasteiger partial charge in [0.05, 0.1) is 7.11 Å². The fourth-order valence-corrected chi connectivity index (χ4v) is 2.30. The highest BCUT2D eigenvalue weighted by Gasteiger charge is 2.06. The predicted octanol–water partition coefficient (Wildman–Crippen LogP) is 3.06. The van der Waals surface area contributed by atoms with Crippen molar-refractivity contribution < 1.29 is 4.74 Å². The van der Waals surface area contributed by atoms with Crippen molar-refractivity contribution in [2.75, 3.05) is 27.2 Å². The molecule has 1 heterocycles. The first kappa shape index (κ1) is 13.0. The molecule has 0 atom stereocenters. The van der Waals surface area contributed by atoms with E-state index in [1.807, 2.05) is 6.07 Å². The second-order valence-electron chi connectivity index (χ2n) is 4.78. The van der Waals surface area contributed by atoms with Gasteiger partial charge in [-0.2, -0.15) is 0 Å². The van der Waals surface area contributed by atoms with Gasteiger partial charge in [0.25, 0.3) is 0 Å². The van der Waals surface area contributed by atoms with E-state index in [0.717, 1.165) is 25.3 Å². The van der Waals surface area contributed by atoms with E-state index < -0.39 is 0 Å². The molecule has 0 fully saturated rings. The smallest absolute Gasteiger partial charge is 0.119 e. The van der Waals surface area contributed by atoms with Crippen LogP contribution in [0.3, 0.4) is 0 Å².